The summed E-state index contributed by atoms with van der Waals surface area (Å²) in [5.74, 6) is 0.195. The van der Waals surface area contributed by atoms with Crippen molar-refractivity contribution in [1.29, 1.82) is 0 Å². The largest absolute Gasteiger partial charge is 0.499 e. The van der Waals surface area contributed by atoms with Crippen LogP contribution < -0.4 is 0 Å². The molecule has 0 unspecified atom stereocenters. The summed E-state index contributed by atoms with van der Waals surface area (Å²) in [6, 6.07) is 0. The number of likely N-dealkylation sites (N-methyl/N-ethyl adjacent to an activating group) is 1. The second-order valence-electron chi connectivity index (χ2n) is 2.58. The normalized spacial score (nSPS) is 11.6. The molecule has 4 nitrogen and oxygen atoms in total. The van der Waals surface area contributed by atoms with Crippen LogP contribution in [0.3, 0.4) is 0 Å². The van der Waals surface area contributed by atoms with E-state index in [0.29, 0.717) is 12.3 Å². The summed E-state index contributed by atoms with van der Waals surface area (Å²) in [5.41, 5.74) is 0. The molecule has 4 heteroatoms. The highest BCUT2D eigenvalue weighted by molar-refractivity contribution is 5.82. The third kappa shape index (κ3) is 4.73. The number of carbonyl (C=O) groups is 1. The fraction of sp³-hybridized carbons (Fsp3) is 0.625. The number of ether oxygens (including phenoxy) is 2. The smallest absolute Gasteiger partial charge is 0.333 e. The molecule has 0 bridgehead atoms. The van der Waals surface area contributed by atoms with Gasteiger partial charge in [-0.3, -0.25) is 0 Å². The topological polar surface area (TPSA) is 38.8 Å². The van der Waals surface area contributed by atoms with Crippen LogP contribution in [0.25, 0.3) is 0 Å². The zero-order valence-electron chi connectivity index (χ0n) is 7.96. The minimum atomic E-state index is -0.395. The molecule has 0 spiro atoms. The number of rotatable bonds is 4. The van der Waals surface area contributed by atoms with E-state index in [2.05, 4.69) is 4.74 Å². The van der Waals surface area contributed by atoms with E-state index in [4.69, 9.17) is 4.74 Å². The summed E-state index contributed by atoms with van der Waals surface area (Å²) in [6.07, 6.45) is 1.33. The molecule has 0 aliphatic carbocycles. The van der Waals surface area contributed by atoms with E-state index < -0.39 is 5.97 Å². The van der Waals surface area contributed by atoms with Gasteiger partial charge in [-0.15, -0.1) is 0 Å². The minimum absolute atomic E-state index is 0.395. The highest BCUT2D eigenvalue weighted by Crippen LogP contribution is 1.97. The van der Waals surface area contributed by atoms with Crippen molar-refractivity contribution in [2.24, 2.45) is 0 Å². The minimum Gasteiger partial charge on any atom is -0.499 e. The van der Waals surface area contributed by atoms with Gasteiger partial charge in [-0.05, 0) is 14.1 Å². The van der Waals surface area contributed by atoms with Gasteiger partial charge in [0.1, 0.15) is 5.76 Å². The second kappa shape index (κ2) is 5.60. The third-order valence-electron chi connectivity index (χ3n) is 1.21. The Labute approximate surface area is 72.8 Å². The average Bonchev–Trinajstić information content (AvgIpc) is 2.02. The highest BCUT2D eigenvalue weighted by Gasteiger charge is 2.02. The number of hydrogen-bond acceptors (Lipinski definition) is 4. The summed E-state index contributed by atoms with van der Waals surface area (Å²) in [4.78, 5) is 12.7. The Kier molecular flexibility index (Phi) is 5.12. The van der Waals surface area contributed by atoms with Gasteiger partial charge in [0.05, 0.1) is 26.8 Å². The summed E-state index contributed by atoms with van der Waals surface area (Å²) < 4.78 is 9.40. The fourth-order valence-corrected chi connectivity index (χ4v) is 0.671. The van der Waals surface area contributed by atoms with Crippen molar-refractivity contribution >= 4 is 5.97 Å². The number of hydrogen-bond donors (Lipinski definition) is 0. The Morgan fingerprint density at radius 3 is 2.25 bits per heavy atom. The van der Waals surface area contributed by atoms with Crippen LogP contribution in [-0.2, 0) is 14.3 Å². The summed E-state index contributed by atoms with van der Waals surface area (Å²) in [5, 5.41) is 0. The molecule has 0 amide bonds. The van der Waals surface area contributed by atoms with Crippen LogP contribution >= 0.6 is 0 Å². The molecule has 0 N–H and O–H groups in total. The Balaban J connectivity index is 4.13. The van der Waals surface area contributed by atoms with Gasteiger partial charge in [0.2, 0.25) is 0 Å². The van der Waals surface area contributed by atoms with Gasteiger partial charge in [0.15, 0.2) is 0 Å². The van der Waals surface area contributed by atoms with Crippen LogP contribution in [0, 0.1) is 0 Å². The van der Waals surface area contributed by atoms with Crippen LogP contribution in [0.5, 0.6) is 0 Å². The number of carbonyl (C=O) groups excluding carboxylic acids is 1. The van der Waals surface area contributed by atoms with E-state index >= 15 is 0 Å². The van der Waals surface area contributed by atoms with E-state index in [1.54, 1.807) is 0 Å². The van der Waals surface area contributed by atoms with Gasteiger partial charge < -0.3 is 14.4 Å². The van der Waals surface area contributed by atoms with E-state index in [0.717, 1.165) is 0 Å². The summed E-state index contributed by atoms with van der Waals surface area (Å²) in [6.45, 7) is 0.589. The Morgan fingerprint density at radius 2 is 1.92 bits per heavy atom. The Bertz CT molecular complexity index is 175. The lowest BCUT2D eigenvalue weighted by Crippen LogP contribution is -2.17. The first-order chi connectivity index (χ1) is 5.60. The zero-order valence-corrected chi connectivity index (χ0v) is 7.96. The van der Waals surface area contributed by atoms with E-state index in [9.17, 15) is 4.79 Å². The van der Waals surface area contributed by atoms with Crippen molar-refractivity contribution in [2.45, 2.75) is 0 Å². The quantitative estimate of drug-likeness (QED) is 0.347. The molecular formula is C8H15NO3. The maximum Gasteiger partial charge on any atom is 0.333 e. The molecule has 0 fully saturated rings. The summed E-state index contributed by atoms with van der Waals surface area (Å²) in [7, 11) is 6.65. The predicted octanol–water partition coefficient (Wildman–Crippen LogP) is 0.251. The van der Waals surface area contributed by atoms with Crippen molar-refractivity contribution in [2.75, 3.05) is 34.9 Å². The molecule has 0 atom stereocenters. The van der Waals surface area contributed by atoms with Crippen LogP contribution in [0.2, 0.25) is 0 Å². The Hall–Kier alpha value is -1.03. The number of esters is 1. The molecule has 0 saturated carbocycles. The third-order valence-corrected chi connectivity index (χ3v) is 1.21. The first kappa shape index (κ1) is 11.0. The van der Waals surface area contributed by atoms with Crippen LogP contribution in [0.15, 0.2) is 11.8 Å². The van der Waals surface area contributed by atoms with Crippen molar-refractivity contribution < 1.29 is 14.3 Å². The van der Waals surface area contributed by atoms with Gasteiger partial charge >= 0.3 is 5.97 Å². The highest BCUT2D eigenvalue weighted by atomic mass is 16.5. The maximum absolute atomic E-state index is 10.8. The molecule has 0 saturated heterocycles. The van der Waals surface area contributed by atoms with Crippen LogP contribution in [-0.4, -0.2) is 45.7 Å². The van der Waals surface area contributed by atoms with Gasteiger partial charge in [-0.25, -0.2) is 4.79 Å². The maximum atomic E-state index is 10.8. The van der Waals surface area contributed by atoms with E-state index in [1.165, 1.54) is 20.3 Å². The van der Waals surface area contributed by atoms with Crippen molar-refractivity contribution in [3.05, 3.63) is 11.8 Å². The molecule has 0 aromatic rings. The molecule has 0 aliphatic rings. The van der Waals surface area contributed by atoms with Crippen molar-refractivity contribution in [3.8, 4) is 0 Å². The lowest BCUT2D eigenvalue weighted by molar-refractivity contribution is -0.135. The van der Waals surface area contributed by atoms with Crippen LogP contribution in [0.1, 0.15) is 0 Å². The molecule has 0 heterocycles. The average molecular weight is 173 g/mol. The van der Waals surface area contributed by atoms with E-state index in [1.807, 2.05) is 19.0 Å². The SMILES string of the molecule is COC(=O)C=C(CN(C)C)OC. The molecule has 0 aliphatic heterocycles. The van der Waals surface area contributed by atoms with Gasteiger partial charge in [-0.2, -0.15) is 0 Å². The molecule has 0 aromatic heterocycles. The monoisotopic (exact) mass is 173 g/mol. The van der Waals surface area contributed by atoms with Crippen molar-refractivity contribution in [3.63, 3.8) is 0 Å². The number of methoxy groups -OCH3 is 2. The number of nitrogens with zero attached hydrogens (tertiary/aromatic N) is 1. The molecule has 0 radical (unpaired) electrons. The van der Waals surface area contributed by atoms with Gasteiger partial charge in [-0.1, -0.05) is 0 Å². The lowest BCUT2D eigenvalue weighted by Gasteiger charge is -2.11. The van der Waals surface area contributed by atoms with E-state index in [-0.39, 0.29) is 0 Å². The van der Waals surface area contributed by atoms with Crippen LogP contribution in [0.4, 0.5) is 0 Å². The molecule has 12 heavy (non-hydrogen) atoms. The lowest BCUT2D eigenvalue weighted by atomic mass is 10.4. The molecule has 0 rings (SSSR count). The summed E-state index contributed by atoms with van der Waals surface area (Å²) >= 11 is 0. The Morgan fingerprint density at radius 1 is 1.33 bits per heavy atom. The standard InChI is InChI=1S/C8H15NO3/c1-9(2)6-7(11-3)5-8(10)12-4/h5H,6H2,1-4H3. The van der Waals surface area contributed by atoms with Crippen molar-refractivity contribution in [1.82, 2.24) is 4.90 Å². The molecular weight excluding hydrogens is 158 g/mol. The second-order valence-corrected chi connectivity index (χ2v) is 2.58. The van der Waals surface area contributed by atoms with Gasteiger partial charge in [0, 0.05) is 0 Å². The van der Waals surface area contributed by atoms with Gasteiger partial charge in [0.25, 0.3) is 0 Å². The zero-order chi connectivity index (χ0) is 9.56. The molecule has 0 aromatic carbocycles. The molecule has 70 valence electrons. The fourth-order valence-electron chi connectivity index (χ4n) is 0.671. The predicted molar refractivity (Wildman–Crippen MR) is 45.7 cm³/mol. The first-order valence-corrected chi connectivity index (χ1v) is 3.57. The first-order valence-electron chi connectivity index (χ1n) is 3.57.